The van der Waals surface area contributed by atoms with Crippen LogP contribution >= 0.6 is 0 Å². The fourth-order valence-corrected chi connectivity index (χ4v) is 2.44. The third kappa shape index (κ3) is 2.79. The molecule has 0 aromatic heterocycles. The lowest BCUT2D eigenvalue weighted by molar-refractivity contribution is -0.176. The first-order valence-corrected chi connectivity index (χ1v) is 6.68. The molecule has 3 aliphatic rings. The summed E-state index contributed by atoms with van der Waals surface area (Å²) < 4.78 is 5.30. The second-order valence-corrected chi connectivity index (χ2v) is 4.89. The van der Waals surface area contributed by atoms with Crippen molar-refractivity contribution in [2.24, 2.45) is 0 Å². The molecule has 2 aliphatic heterocycles. The van der Waals surface area contributed by atoms with Crippen molar-refractivity contribution >= 4 is 6.09 Å². The van der Waals surface area contributed by atoms with Gasteiger partial charge in [0.1, 0.15) is 12.7 Å². The Morgan fingerprint density at radius 3 is 2.95 bits per heavy atom. The first-order valence-electron chi connectivity index (χ1n) is 6.68. The van der Waals surface area contributed by atoms with Crippen LogP contribution in [-0.2, 0) is 16.2 Å². The van der Waals surface area contributed by atoms with E-state index in [9.17, 15) is 4.79 Å². The maximum atomic E-state index is 12.1. The molecule has 0 unspecified atom stereocenters. The number of nitrogens with zero attached hydrogens (tertiary/aromatic N) is 1. The number of hydroxylamine groups is 2. The average molecular weight is 259 g/mol. The highest BCUT2D eigenvalue weighted by Gasteiger charge is 2.33. The molecule has 1 aromatic rings. The van der Waals surface area contributed by atoms with Crippen LogP contribution in [0.25, 0.3) is 0 Å². The normalized spacial score (nSPS) is 25.2. The monoisotopic (exact) mass is 259 g/mol. The zero-order valence-electron chi connectivity index (χ0n) is 10.7. The molecule has 2 heterocycles. The Hall–Kier alpha value is -1.81. The third-order valence-electron chi connectivity index (χ3n) is 3.47. The lowest BCUT2D eigenvalue weighted by Gasteiger charge is -2.30. The van der Waals surface area contributed by atoms with Gasteiger partial charge in [-0.25, -0.2) is 4.79 Å². The van der Waals surface area contributed by atoms with Crippen LogP contribution < -0.4 is 0 Å². The van der Waals surface area contributed by atoms with Gasteiger partial charge in [-0.2, -0.15) is 5.06 Å². The van der Waals surface area contributed by atoms with Crippen LogP contribution in [0.1, 0.15) is 24.8 Å². The molecular formula is C15H17NO3. The molecule has 4 nitrogen and oxygen atoms in total. The molecule has 4 rings (SSSR count). The number of ether oxygens (including phenoxy) is 1. The molecule has 0 saturated carbocycles. The highest BCUT2D eigenvalue weighted by atomic mass is 16.7. The average Bonchev–Trinajstić information content (AvgIpc) is 2.81. The Balaban J connectivity index is 1.60. The van der Waals surface area contributed by atoms with Crippen molar-refractivity contribution in [3.8, 4) is 0 Å². The zero-order chi connectivity index (χ0) is 13.1. The Morgan fingerprint density at radius 1 is 1.26 bits per heavy atom. The molecule has 0 spiro atoms. The minimum absolute atomic E-state index is 0.0158. The van der Waals surface area contributed by atoms with E-state index in [0.717, 1.165) is 24.8 Å². The van der Waals surface area contributed by atoms with Crippen LogP contribution in [0, 0.1) is 0 Å². The predicted octanol–water partition coefficient (Wildman–Crippen LogP) is 3.05. The summed E-state index contributed by atoms with van der Waals surface area (Å²) in [4.78, 5) is 17.7. The van der Waals surface area contributed by atoms with Gasteiger partial charge >= 0.3 is 6.09 Å². The molecule has 1 fully saturated rings. The number of rotatable bonds is 2. The lowest BCUT2D eigenvalue weighted by atomic mass is 10.1. The van der Waals surface area contributed by atoms with Crippen molar-refractivity contribution in [3.63, 3.8) is 0 Å². The summed E-state index contributed by atoms with van der Waals surface area (Å²) in [7, 11) is 0. The number of benzene rings is 1. The molecule has 19 heavy (non-hydrogen) atoms. The van der Waals surface area contributed by atoms with Crippen LogP contribution in [0.4, 0.5) is 4.79 Å². The minimum Gasteiger partial charge on any atom is -0.443 e. The number of fused-ring (bicyclic) bond motifs is 3. The van der Waals surface area contributed by atoms with Gasteiger partial charge in [0.2, 0.25) is 0 Å². The summed E-state index contributed by atoms with van der Waals surface area (Å²) in [5.74, 6) is 0. The maximum Gasteiger partial charge on any atom is 0.434 e. The van der Waals surface area contributed by atoms with Crippen molar-refractivity contribution in [1.82, 2.24) is 5.06 Å². The zero-order valence-corrected chi connectivity index (χ0v) is 10.7. The van der Waals surface area contributed by atoms with Gasteiger partial charge in [0.25, 0.3) is 0 Å². The lowest BCUT2D eigenvalue weighted by Crippen LogP contribution is -2.42. The van der Waals surface area contributed by atoms with Gasteiger partial charge in [0.15, 0.2) is 0 Å². The van der Waals surface area contributed by atoms with E-state index in [0.29, 0.717) is 0 Å². The van der Waals surface area contributed by atoms with Gasteiger partial charge in [-0.15, -0.1) is 0 Å². The Kier molecular flexibility index (Phi) is 3.51. The topological polar surface area (TPSA) is 38.8 Å². The molecule has 1 amide bonds. The Morgan fingerprint density at radius 2 is 2.11 bits per heavy atom. The van der Waals surface area contributed by atoms with Crippen molar-refractivity contribution in [2.45, 2.75) is 38.0 Å². The number of amides is 1. The summed E-state index contributed by atoms with van der Waals surface area (Å²) in [5, 5.41) is 1.39. The van der Waals surface area contributed by atoms with Crippen LogP contribution in [0.2, 0.25) is 0 Å². The van der Waals surface area contributed by atoms with Crippen LogP contribution in [-0.4, -0.2) is 23.3 Å². The van der Waals surface area contributed by atoms with E-state index in [1.807, 2.05) is 42.5 Å². The number of carbonyl (C=O) groups is 1. The van der Waals surface area contributed by atoms with E-state index < -0.39 is 6.09 Å². The van der Waals surface area contributed by atoms with Gasteiger partial charge in [0, 0.05) is 0 Å². The number of carbonyl (C=O) groups excluding carboxylic acids is 1. The van der Waals surface area contributed by atoms with E-state index in [2.05, 4.69) is 0 Å². The first kappa shape index (κ1) is 12.2. The number of hydrogen-bond acceptors (Lipinski definition) is 3. The molecular weight excluding hydrogens is 242 g/mol. The van der Waals surface area contributed by atoms with E-state index in [-0.39, 0.29) is 18.8 Å². The van der Waals surface area contributed by atoms with E-state index >= 15 is 0 Å². The maximum absolute atomic E-state index is 12.1. The van der Waals surface area contributed by atoms with Crippen molar-refractivity contribution in [2.75, 3.05) is 0 Å². The van der Waals surface area contributed by atoms with Gasteiger partial charge in [0.05, 0.1) is 6.04 Å². The van der Waals surface area contributed by atoms with Crippen LogP contribution in [0.15, 0.2) is 42.5 Å². The van der Waals surface area contributed by atoms with Crippen molar-refractivity contribution in [3.05, 3.63) is 48.0 Å². The molecule has 1 saturated heterocycles. The van der Waals surface area contributed by atoms with E-state index in [1.54, 1.807) is 0 Å². The van der Waals surface area contributed by atoms with Gasteiger partial charge < -0.3 is 4.74 Å². The smallest absolute Gasteiger partial charge is 0.434 e. The SMILES string of the molecule is O=C(OCc1ccccc1)N1O[C@H]2C=C[C@@H]1CCC2. The van der Waals surface area contributed by atoms with Crippen molar-refractivity contribution < 1.29 is 14.4 Å². The van der Waals surface area contributed by atoms with Gasteiger partial charge in [-0.1, -0.05) is 42.5 Å². The summed E-state index contributed by atoms with van der Waals surface area (Å²) in [6.45, 7) is 0.278. The van der Waals surface area contributed by atoms with Crippen LogP contribution in [0.5, 0.6) is 0 Å². The second-order valence-electron chi connectivity index (χ2n) is 4.89. The molecule has 1 aromatic carbocycles. The molecule has 2 bridgehead atoms. The predicted molar refractivity (Wildman–Crippen MR) is 70.1 cm³/mol. The fraction of sp³-hybridized carbons (Fsp3) is 0.400. The van der Waals surface area contributed by atoms with Gasteiger partial charge in [-0.3, -0.25) is 4.84 Å². The minimum atomic E-state index is -0.398. The Bertz CT molecular complexity index is 472. The Labute approximate surface area is 112 Å². The second kappa shape index (κ2) is 5.45. The first-order chi connectivity index (χ1) is 9.33. The molecule has 2 atom stereocenters. The quantitative estimate of drug-likeness (QED) is 0.766. The third-order valence-corrected chi connectivity index (χ3v) is 3.47. The summed E-state index contributed by atoms with van der Waals surface area (Å²) in [6.07, 6.45) is 6.69. The highest BCUT2D eigenvalue weighted by Crippen LogP contribution is 2.26. The summed E-state index contributed by atoms with van der Waals surface area (Å²) in [6, 6.07) is 9.67. The van der Waals surface area contributed by atoms with E-state index in [4.69, 9.17) is 9.57 Å². The highest BCUT2D eigenvalue weighted by molar-refractivity contribution is 5.67. The standard InChI is InChI=1S/C15H17NO3/c17-15(18-11-12-5-2-1-3-6-12)16-13-7-4-8-14(19-16)10-9-13/h1-3,5-6,9-10,13-14H,4,7-8,11H2/t13-,14+/m0/s1. The molecule has 100 valence electrons. The fourth-order valence-electron chi connectivity index (χ4n) is 2.44. The van der Waals surface area contributed by atoms with E-state index in [1.165, 1.54) is 5.06 Å². The number of hydrogen-bond donors (Lipinski definition) is 0. The summed E-state index contributed by atoms with van der Waals surface area (Å²) >= 11 is 0. The van der Waals surface area contributed by atoms with Crippen molar-refractivity contribution in [1.29, 1.82) is 0 Å². The van der Waals surface area contributed by atoms with Gasteiger partial charge in [-0.05, 0) is 24.8 Å². The molecule has 4 heteroatoms. The molecule has 0 radical (unpaired) electrons. The van der Waals surface area contributed by atoms with Crippen LogP contribution in [0.3, 0.4) is 0 Å². The molecule has 1 aliphatic carbocycles. The summed E-state index contributed by atoms with van der Waals surface area (Å²) in [5.41, 5.74) is 0.978. The molecule has 0 N–H and O–H groups in total. The largest absolute Gasteiger partial charge is 0.443 e.